The highest BCUT2D eigenvalue weighted by Gasteiger charge is 2.28. The van der Waals surface area contributed by atoms with E-state index in [2.05, 4.69) is 0 Å². The van der Waals surface area contributed by atoms with Crippen LogP contribution in [0.1, 0.15) is 34.6 Å². The quantitative estimate of drug-likeness (QED) is 0.801. The summed E-state index contributed by atoms with van der Waals surface area (Å²) < 4.78 is 0. The molecule has 2 aromatic rings. The molecule has 23 heavy (non-hydrogen) atoms. The number of fused-ring (bicyclic) bond motifs is 2. The number of carbonyl (C=O) groups is 2. The van der Waals surface area contributed by atoms with Crippen LogP contribution < -0.4 is 0 Å². The lowest BCUT2D eigenvalue weighted by Gasteiger charge is -2.10. The molecule has 2 nitrogen and oxygen atoms in total. The second-order valence-corrected chi connectivity index (χ2v) is 6.01. The molecule has 0 aliphatic heterocycles. The van der Waals surface area contributed by atoms with Gasteiger partial charge in [0.25, 0.3) is 0 Å². The maximum Gasteiger partial charge on any atom is 0.170 e. The van der Waals surface area contributed by atoms with Gasteiger partial charge in [-0.25, -0.2) is 0 Å². The minimum absolute atomic E-state index is 0.0264. The van der Waals surface area contributed by atoms with Crippen LogP contribution in [0.5, 0.6) is 0 Å². The Morgan fingerprint density at radius 1 is 1.00 bits per heavy atom. The summed E-state index contributed by atoms with van der Waals surface area (Å²) in [5, 5.41) is 0. The molecule has 2 heteroatoms. The predicted octanol–water partition coefficient (Wildman–Crippen LogP) is 3.97. The van der Waals surface area contributed by atoms with Gasteiger partial charge in [0.1, 0.15) is 0 Å². The van der Waals surface area contributed by atoms with Crippen molar-refractivity contribution in [2.75, 3.05) is 0 Å². The maximum atomic E-state index is 12.6. The Balaban J connectivity index is 1.53. The number of benzene rings is 2. The zero-order valence-electron chi connectivity index (χ0n) is 12.7. The molecular formula is C21H16O2. The van der Waals surface area contributed by atoms with Crippen molar-refractivity contribution >= 4 is 23.2 Å². The van der Waals surface area contributed by atoms with Crippen molar-refractivity contribution in [3.05, 3.63) is 82.9 Å². The summed E-state index contributed by atoms with van der Waals surface area (Å²) >= 11 is 0. The fraction of sp³-hybridized carbons (Fsp3) is 0.143. The van der Waals surface area contributed by atoms with Crippen LogP contribution in [0.2, 0.25) is 0 Å². The Kier molecular flexibility index (Phi) is 3.30. The molecule has 0 bridgehead atoms. The molecule has 0 N–H and O–H groups in total. The first-order chi connectivity index (χ1) is 11.2. The van der Waals surface area contributed by atoms with Gasteiger partial charge in [-0.1, -0.05) is 66.8 Å². The van der Waals surface area contributed by atoms with Crippen LogP contribution in [0, 0.1) is 0 Å². The van der Waals surface area contributed by atoms with Crippen molar-refractivity contribution in [2.45, 2.75) is 18.8 Å². The largest absolute Gasteiger partial charge is 0.298 e. The van der Waals surface area contributed by atoms with Gasteiger partial charge in [-0.2, -0.15) is 0 Å². The highest BCUT2D eigenvalue weighted by atomic mass is 16.1. The van der Waals surface area contributed by atoms with Crippen LogP contribution in [0.4, 0.5) is 0 Å². The van der Waals surface area contributed by atoms with E-state index in [9.17, 15) is 9.59 Å². The van der Waals surface area contributed by atoms with Crippen LogP contribution in [0.25, 0.3) is 11.6 Å². The van der Waals surface area contributed by atoms with Gasteiger partial charge in [0, 0.05) is 5.57 Å². The molecule has 1 atom stereocenters. The molecule has 0 amide bonds. The minimum atomic E-state index is -0.285. The number of carbonyl (C=O) groups excluding carboxylic acids is 2. The van der Waals surface area contributed by atoms with E-state index in [-0.39, 0.29) is 23.9 Å². The molecule has 0 saturated heterocycles. The number of rotatable bonds is 4. The number of allylic oxidation sites excluding steroid dienone is 3. The average molecular weight is 300 g/mol. The van der Waals surface area contributed by atoms with E-state index >= 15 is 0 Å². The highest BCUT2D eigenvalue weighted by molar-refractivity contribution is 6.27. The summed E-state index contributed by atoms with van der Waals surface area (Å²) in [6, 6.07) is 15.8. The first kappa shape index (κ1) is 13.9. The van der Waals surface area contributed by atoms with Gasteiger partial charge < -0.3 is 0 Å². The zero-order valence-corrected chi connectivity index (χ0v) is 12.7. The van der Waals surface area contributed by atoms with Crippen molar-refractivity contribution in [3.63, 3.8) is 0 Å². The molecule has 112 valence electrons. The topological polar surface area (TPSA) is 34.1 Å². The van der Waals surface area contributed by atoms with Crippen LogP contribution in [0.15, 0.2) is 60.7 Å². The number of ketones is 2. The van der Waals surface area contributed by atoms with Crippen LogP contribution in [0.3, 0.4) is 0 Å². The Labute approximate surface area is 135 Å². The lowest BCUT2D eigenvalue weighted by Crippen LogP contribution is -2.15. The molecule has 0 heterocycles. The van der Waals surface area contributed by atoms with E-state index in [0.717, 1.165) is 28.7 Å². The molecule has 0 fully saturated rings. The minimum Gasteiger partial charge on any atom is -0.298 e. The summed E-state index contributed by atoms with van der Waals surface area (Å²) in [5.41, 5.74) is 4.92. The molecular weight excluding hydrogens is 284 g/mol. The second kappa shape index (κ2) is 5.47. The Morgan fingerprint density at radius 3 is 2.70 bits per heavy atom. The third kappa shape index (κ3) is 2.36. The fourth-order valence-corrected chi connectivity index (χ4v) is 3.44. The average Bonchev–Trinajstić information content (AvgIpc) is 3.19. The lowest BCUT2D eigenvalue weighted by atomic mass is 9.91. The molecule has 0 aromatic heterocycles. The maximum absolute atomic E-state index is 12.6. The van der Waals surface area contributed by atoms with Crippen molar-refractivity contribution in [1.82, 2.24) is 0 Å². The number of hydrogen-bond acceptors (Lipinski definition) is 2. The highest BCUT2D eigenvalue weighted by Crippen LogP contribution is 2.33. The number of hydrogen-bond donors (Lipinski definition) is 0. The Morgan fingerprint density at radius 2 is 1.78 bits per heavy atom. The van der Waals surface area contributed by atoms with Crippen molar-refractivity contribution in [2.24, 2.45) is 0 Å². The van der Waals surface area contributed by atoms with E-state index in [1.54, 1.807) is 0 Å². The molecule has 2 aliphatic rings. The summed E-state index contributed by atoms with van der Waals surface area (Å²) in [7, 11) is 0. The molecule has 0 spiro atoms. The lowest BCUT2D eigenvalue weighted by molar-refractivity contribution is -0.124. The van der Waals surface area contributed by atoms with Gasteiger partial charge in [-0.3, -0.25) is 9.59 Å². The third-order valence-corrected chi connectivity index (χ3v) is 4.62. The van der Waals surface area contributed by atoms with Gasteiger partial charge in [-0.15, -0.1) is 0 Å². The molecule has 2 aromatic carbocycles. The van der Waals surface area contributed by atoms with E-state index < -0.39 is 0 Å². The fourth-order valence-electron chi connectivity index (χ4n) is 3.44. The molecule has 0 saturated carbocycles. The molecule has 4 rings (SSSR count). The Bertz CT molecular complexity index is 871. The van der Waals surface area contributed by atoms with Crippen molar-refractivity contribution in [3.8, 4) is 0 Å². The van der Waals surface area contributed by atoms with Crippen molar-refractivity contribution in [1.29, 1.82) is 0 Å². The van der Waals surface area contributed by atoms with E-state index in [0.29, 0.717) is 5.57 Å². The standard InChI is InChI=1S/C21H16O2/c22-20(18-11-9-14-5-1-3-7-16(14)18)13-21(23)19-12-10-15-6-2-4-8-17(15)19/h1-9,11-12,18H,10,13H2. The van der Waals surface area contributed by atoms with Gasteiger partial charge in [0.15, 0.2) is 11.6 Å². The van der Waals surface area contributed by atoms with Crippen molar-refractivity contribution < 1.29 is 9.59 Å². The summed E-state index contributed by atoms with van der Waals surface area (Å²) in [5.74, 6) is -0.383. The summed E-state index contributed by atoms with van der Waals surface area (Å²) in [4.78, 5) is 25.2. The normalized spacial score (nSPS) is 17.6. The first-order valence-electron chi connectivity index (χ1n) is 7.85. The monoisotopic (exact) mass is 300 g/mol. The number of Topliss-reactive ketones (excluding diaryl/α,β-unsaturated/α-hetero) is 2. The summed E-state index contributed by atoms with van der Waals surface area (Å²) in [6.07, 6.45) is 6.55. The van der Waals surface area contributed by atoms with Crippen LogP contribution >= 0.6 is 0 Å². The third-order valence-electron chi connectivity index (χ3n) is 4.62. The van der Waals surface area contributed by atoms with Gasteiger partial charge >= 0.3 is 0 Å². The van der Waals surface area contributed by atoms with Crippen LogP contribution in [-0.4, -0.2) is 11.6 Å². The Hall–Kier alpha value is -2.74. The molecule has 1 unspecified atom stereocenters. The second-order valence-electron chi connectivity index (χ2n) is 6.01. The van der Waals surface area contributed by atoms with E-state index in [1.165, 1.54) is 0 Å². The SMILES string of the molecule is O=C(CC(=O)C1C=Cc2ccccc21)C1=CCc2ccccc21. The smallest absolute Gasteiger partial charge is 0.170 e. The van der Waals surface area contributed by atoms with Gasteiger partial charge in [0.2, 0.25) is 0 Å². The van der Waals surface area contributed by atoms with E-state index in [4.69, 9.17) is 0 Å². The van der Waals surface area contributed by atoms with Gasteiger partial charge in [0.05, 0.1) is 12.3 Å². The van der Waals surface area contributed by atoms with E-state index in [1.807, 2.05) is 66.8 Å². The summed E-state index contributed by atoms with van der Waals surface area (Å²) in [6.45, 7) is 0. The first-order valence-corrected chi connectivity index (χ1v) is 7.85. The molecule has 2 aliphatic carbocycles. The molecule has 0 radical (unpaired) electrons. The van der Waals surface area contributed by atoms with Crippen LogP contribution in [-0.2, 0) is 16.0 Å². The zero-order chi connectivity index (χ0) is 15.8. The van der Waals surface area contributed by atoms with Gasteiger partial charge in [-0.05, 0) is 28.7 Å². The predicted molar refractivity (Wildman–Crippen MR) is 91.0 cm³/mol.